The summed E-state index contributed by atoms with van der Waals surface area (Å²) in [5, 5.41) is 8.56. The average molecular weight is 281 g/mol. The van der Waals surface area contributed by atoms with Gasteiger partial charge in [-0.15, -0.1) is 0 Å². The number of aliphatic carboxylic acids is 1. The molecule has 0 aromatic heterocycles. The van der Waals surface area contributed by atoms with Crippen LogP contribution in [0.15, 0.2) is 4.99 Å². The normalized spacial score (nSPS) is 16.6. The molecule has 0 radical (unpaired) electrons. The Kier molecular flexibility index (Phi) is 9.93. The molecule has 0 bridgehead atoms. The second-order valence-electron chi connectivity index (χ2n) is 3.88. The Hall–Kier alpha value is -0.820. The van der Waals surface area contributed by atoms with E-state index in [-0.39, 0.29) is 19.7 Å². The summed E-state index contributed by atoms with van der Waals surface area (Å²) in [6.07, 6.45) is 0.299. The number of carbonyl (C=O) groups is 1. The first-order chi connectivity index (χ1) is 7.85. The van der Waals surface area contributed by atoms with E-state index in [1.54, 1.807) is 13.8 Å². The number of rotatable bonds is 8. The van der Waals surface area contributed by atoms with Gasteiger partial charge >= 0.3 is 5.97 Å². The summed E-state index contributed by atoms with van der Waals surface area (Å²) >= 11 is 1.18. The molecule has 0 amide bonds. The van der Waals surface area contributed by atoms with Gasteiger partial charge in [-0.3, -0.25) is 9.79 Å². The van der Waals surface area contributed by atoms with Gasteiger partial charge in [-0.2, -0.15) is 11.8 Å². The smallest absolute Gasteiger partial charge is 0.324 e. The Labute approximate surface area is 112 Å². The van der Waals surface area contributed by atoms with Crippen molar-refractivity contribution in [1.29, 1.82) is 0 Å². The second kappa shape index (κ2) is 9.16. The van der Waals surface area contributed by atoms with Crippen molar-refractivity contribution in [2.24, 2.45) is 16.5 Å². The maximum Gasteiger partial charge on any atom is 0.324 e. The van der Waals surface area contributed by atoms with Crippen LogP contribution in [0.5, 0.6) is 0 Å². The van der Waals surface area contributed by atoms with Crippen molar-refractivity contribution in [3.05, 3.63) is 0 Å². The number of nitrogens with two attached hydrogens (primary N) is 2. The van der Waals surface area contributed by atoms with Crippen LogP contribution in [0.25, 0.3) is 0 Å². The molecule has 0 fully saturated rings. The van der Waals surface area contributed by atoms with E-state index in [0.717, 1.165) is 0 Å². The lowest BCUT2D eigenvalue weighted by atomic mass is 10.0. The fourth-order valence-corrected chi connectivity index (χ4v) is 2.10. The number of alkyl halides is 1. The number of hydrogen-bond acceptors (Lipinski definition) is 4. The van der Waals surface area contributed by atoms with Crippen molar-refractivity contribution in [3.63, 3.8) is 0 Å². The number of thioether (sulfide) groups is 1. The standard InChI is InChI=1S/C10H20FN3O2S.CH4/c1-3-10(13,9(15)16)6-17-8(4-11)5-14-7(2)12;/h8H,3-6,13H2,1-2H3,(H2,12,14)(H,15,16);1H4. The molecular formula is C11H24FN3O2S. The molecule has 2 atom stereocenters. The van der Waals surface area contributed by atoms with E-state index >= 15 is 0 Å². The lowest BCUT2D eigenvalue weighted by molar-refractivity contribution is -0.142. The average Bonchev–Trinajstić information content (AvgIpc) is 2.28. The molecular weight excluding hydrogens is 257 g/mol. The van der Waals surface area contributed by atoms with E-state index in [1.165, 1.54) is 11.8 Å². The van der Waals surface area contributed by atoms with Crippen LogP contribution < -0.4 is 11.5 Å². The van der Waals surface area contributed by atoms with E-state index < -0.39 is 23.4 Å². The minimum absolute atomic E-state index is 0. The Balaban J connectivity index is 0. The Morgan fingerprint density at radius 3 is 2.50 bits per heavy atom. The maximum atomic E-state index is 12.7. The molecule has 0 heterocycles. The topological polar surface area (TPSA) is 102 Å². The van der Waals surface area contributed by atoms with Crippen molar-refractivity contribution in [3.8, 4) is 0 Å². The number of hydrogen-bond donors (Lipinski definition) is 3. The molecule has 2 unspecified atom stereocenters. The van der Waals surface area contributed by atoms with Gasteiger partial charge in [0, 0.05) is 5.75 Å². The lowest BCUT2D eigenvalue weighted by Crippen LogP contribution is -2.50. The molecule has 0 aliphatic rings. The van der Waals surface area contributed by atoms with E-state index in [0.29, 0.717) is 12.3 Å². The van der Waals surface area contributed by atoms with Crippen LogP contribution >= 0.6 is 11.8 Å². The third-order valence-corrected chi connectivity index (χ3v) is 3.78. The van der Waals surface area contributed by atoms with Crippen molar-refractivity contribution in [2.45, 2.75) is 38.5 Å². The molecule has 0 saturated carbocycles. The molecule has 108 valence electrons. The molecule has 0 aromatic carbocycles. The first-order valence-corrected chi connectivity index (χ1v) is 6.37. The first-order valence-electron chi connectivity index (χ1n) is 5.32. The molecule has 0 aliphatic carbocycles. The van der Waals surface area contributed by atoms with E-state index in [2.05, 4.69) is 4.99 Å². The largest absolute Gasteiger partial charge is 0.480 e. The number of halogens is 1. The molecule has 0 spiro atoms. The van der Waals surface area contributed by atoms with Crippen LogP contribution in [0.2, 0.25) is 0 Å². The number of aliphatic imine (C=N–C) groups is 1. The fourth-order valence-electron chi connectivity index (χ4n) is 0.973. The number of amidine groups is 1. The zero-order valence-corrected chi connectivity index (χ0v) is 11.0. The Bertz CT molecular complexity index is 285. The van der Waals surface area contributed by atoms with Gasteiger partial charge in [-0.1, -0.05) is 14.4 Å². The van der Waals surface area contributed by atoms with Crippen LogP contribution in [0.3, 0.4) is 0 Å². The first kappa shape index (κ1) is 19.5. The summed E-state index contributed by atoms with van der Waals surface area (Å²) in [6, 6.07) is 0. The van der Waals surface area contributed by atoms with E-state index in [9.17, 15) is 9.18 Å². The summed E-state index contributed by atoms with van der Waals surface area (Å²) < 4.78 is 12.7. The van der Waals surface area contributed by atoms with Gasteiger partial charge in [-0.25, -0.2) is 4.39 Å². The van der Waals surface area contributed by atoms with E-state index in [4.69, 9.17) is 16.6 Å². The fraction of sp³-hybridized carbons (Fsp3) is 0.818. The van der Waals surface area contributed by atoms with Gasteiger partial charge in [0.25, 0.3) is 0 Å². The quantitative estimate of drug-likeness (QED) is 0.459. The number of carboxylic acids is 1. The monoisotopic (exact) mass is 281 g/mol. The zero-order valence-electron chi connectivity index (χ0n) is 10.1. The van der Waals surface area contributed by atoms with Crippen molar-refractivity contribution in [1.82, 2.24) is 0 Å². The summed E-state index contributed by atoms with van der Waals surface area (Å²) in [6.45, 7) is 2.97. The molecule has 7 heteroatoms. The zero-order chi connectivity index (χ0) is 13.5. The number of nitrogens with zero attached hydrogens (tertiary/aromatic N) is 1. The third kappa shape index (κ3) is 6.80. The molecule has 5 nitrogen and oxygen atoms in total. The van der Waals surface area contributed by atoms with Crippen molar-refractivity contribution >= 4 is 23.6 Å². The summed E-state index contributed by atoms with van der Waals surface area (Å²) in [7, 11) is 0. The van der Waals surface area contributed by atoms with Gasteiger partial charge in [0.1, 0.15) is 12.2 Å². The highest BCUT2D eigenvalue weighted by molar-refractivity contribution is 8.00. The van der Waals surface area contributed by atoms with Gasteiger partial charge in [-0.05, 0) is 13.3 Å². The van der Waals surface area contributed by atoms with Crippen LogP contribution in [0, 0.1) is 0 Å². The molecule has 18 heavy (non-hydrogen) atoms. The van der Waals surface area contributed by atoms with Crippen LogP contribution in [-0.4, -0.2) is 46.7 Å². The highest BCUT2D eigenvalue weighted by Crippen LogP contribution is 2.20. The van der Waals surface area contributed by atoms with Gasteiger partial charge in [0.2, 0.25) is 0 Å². The Morgan fingerprint density at radius 1 is 1.61 bits per heavy atom. The summed E-state index contributed by atoms with van der Waals surface area (Å²) in [5.41, 5.74) is 9.74. The molecule has 0 aliphatic heterocycles. The number of carboxylic acid groups (broad SMARTS) is 1. The van der Waals surface area contributed by atoms with Crippen LogP contribution in [-0.2, 0) is 4.79 Å². The molecule has 0 rings (SSSR count). The Morgan fingerprint density at radius 2 is 2.17 bits per heavy atom. The second-order valence-corrected chi connectivity index (χ2v) is 5.17. The highest BCUT2D eigenvalue weighted by Gasteiger charge is 2.32. The van der Waals surface area contributed by atoms with Crippen molar-refractivity contribution in [2.75, 3.05) is 19.0 Å². The van der Waals surface area contributed by atoms with Gasteiger partial charge < -0.3 is 16.6 Å². The van der Waals surface area contributed by atoms with Crippen LogP contribution in [0.4, 0.5) is 4.39 Å². The SMILES string of the molecule is C.CCC(N)(CSC(CF)CN=C(C)N)C(=O)O. The predicted octanol–water partition coefficient (Wildman–Crippen LogP) is 1.26. The lowest BCUT2D eigenvalue weighted by Gasteiger charge is -2.24. The molecule has 0 aromatic rings. The summed E-state index contributed by atoms with van der Waals surface area (Å²) in [4.78, 5) is 14.9. The molecule has 5 N–H and O–H groups in total. The van der Waals surface area contributed by atoms with Gasteiger partial charge in [0.05, 0.1) is 17.6 Å². The van der Waals surface area contributed by atoms with Crippen molar-refractivity contribution < 1.29 is 14.3 Å². The third-order valence-electron chi connectivity index (χ3n) is 2.35. The minimum Gasteiger partial charge on any atom is -0.480 e. The van der Waals surface area contributed by atoms with Gasteiger partial charge in [0.15, 0.2) is 0 Å². The highest BCUT2D eigenvalue weighted by atomic mass is 32.2. The summed E-state index contributed by atoms with van der Waals surface area (Å²) in [5.74, 6) is -0.521. The predicted molar refractivity (Wildman–Crippen MR) is 76.0 cm³/mol. The molecule has 0 saturated heterocycles. The minimum atomic E-state index is -1.31. The van der Waals surface area contributed by atoms with E-state index in [1.807, 2.05) is 0 Å². The maximum absolute atomic E-state index is 12.7. The van der Waals surface area contributed by atoms with Crippen LogP contribution in [0.1, 0.15) is 27.7 Å².